The van der Waals surface area contributed by atoms with Crippen molar-refractivity contribution in [2.45, 2.75) is 6.54 Å². The lowest BCUT2D eigenvalue weighted by molar-refractivity contribution is 0.416. The summed E-state index contributed by atoms with van der Waals surface area (Å²) >= 11 is 0. The number of halogens is 1. The van der Waals surface area contributed by atoms with E-state index in [1.165, 1.54) is 12.1 Å². The van der Waals surface area contributed by atoms with Gasteiger partial charge in [-0.05, 0) is 35.4 Å². The molecule has 0 aliphatic carbocycles. The van der Waals surface area contributed by atoms with Gasteiger partial charge in [0.1, 0.15) is 11.6 Å². The summed E-state index contributed by atoms with van der Waals surface area (Å²) in [7, 11) is 1.60. The minimum Gasteiger partial charge on any atom is -0.496 e. The number of hydrogen-bond acceptors (Lipinski definition) is 2. The van der Waals surface area contributed by atoms with Gasteiger partial charge >= 0.3 is 0 Å². The van der Waals surface area contributed by atoms with E-state index in [0.29, 0.717) is 6.54 Å². The largest absolute Gasteiger partial charge is 0.496 e. The highest BCUT2D eigenvalue weighted by atomic mass is 19.1. The highest BCUT2D eigenvalue weighted by Gasteiger charge is 2.07. The summed E-state index contributed by atoms with van der Waals surface area (Å²) in [6.07, 6.45) is 0. The second kappa shape index (κ2) is 4.97. The van der Waals surface area contributed by atoms with Crippen LogP contribution in [0.5, 0.6) is 5.75 Å². The number of benzene rings is 2. The molecule has 88 valence electrons. The third kappa shape index (κ3) is 2.45. The third-order valence-electron chi connectivity index (χ3n) is 2.61. The van der Waals surface area contributed by atoms with Gasteiger partial charge in [0.2, 0.25) is 0 Å². The third-order valence-corrected chi connectivity index (χ3v) is 2.61. The van der Waals surface area contributed by atoms with Crippen LogP contribution in [0.1, 0.15) is 5.56 Å². The molecule has 2 nitrogen and oxygen atoms in total. The highest BCUT2D eigenvalue weighted by molar-refractivity contribution is 5.71. The average molecular weight is 231 g/mol. The normalized spacial score (nSPS) is 10.3. The van der Waals surface area contributed by atoms with Crippen LogP contribution in [0.2, 0.25) is 0 Å². The molecule has 0 radical (unpaired) electrons. The molecule has 0 amide bonds. The quantitative estimate of drug-likeness (QED) is 0.881. The van der Waals surface area contributed by atoms with Crippen molar-refractivity contribution in [2.24, 2.45) is 5.73 Å². The fourth-order valence-electron chi connectivity index (χ4n) is 1.81. The number of methoxy groups -OCH3 is 1. The van der Waals surface area contributed by atoms with Crippen molar-refractivity contribution in [2.75, 3.05) is 7.11 Å². The monoisotopic (exact) mass is 231 g/mol. The van der Waals surface area contributed by atoms with Crippen LogP contribution in [0.15, 0.2) is 42.5 Å². The minimum atomic E-state index is -0.283. The number of hydrogen-bond donors (Lipinski definition) is 1. The van der Waals surface area contributed by atoms with E-state index in [1.807, 2.05) is 30.3 Å². The summed E-state index contributed by atoms with van der Waals surface area (Å²) in [5, 5.41) is 0. The van der Waals surface area contributed by atoms with Gasteiger partial charge < -0.3 is 10.5 Å². The van der Waals surface area contributed by atoms with Crippen LogP contribution in [0, 0.1) is 5.82 Å². The molecule has 0 atom stereocenters. The van der Waals surface area contributed by atoms with Crippen LogP contribution >= 0.6 is 0 Å². The van der Waals surface area contributed by atoms with Gasteiger partial charge in [-0.1, -0.05) is 18.2 Å². The lowest BCUT2D eigenvalue weighted by Crippen LogP contribution is -1.97. The molecule has 0 bridgehead atoms. The van der Waals surface area contributed by atoms with Crippen molar-refractivity contribution in [1.82, 2.24) is 0 Å². The first kappa shape index (κ1) is 11.6. The van der Waals surface area contributed by atoms with Gasteiger partial charge in [0.25, 0.3) is 0 Å². The minimum absolute atomic E-state index is 0.283. The predicted molar refractivity (Wildman–Crippen MR) is 66.3 cm³/mol. The van der Waals surface area contributed by atoms with E-state index in [2.05, 4.69) is 0 Å². The molecule has 0 fully saturated rings. The smallest absolute Gasteiger partial charge is 0.126 e. The molecular weight excluding hydrogens is 217 g/mol. The van der Waals surface area contributed by atoms with Crippen molar-refractivity contribution in [3.8, 4) is 16.9 Å². The van der Waals surface area contributed by atoms with E-state index in [0.717, 1.165) is 22.4 Å². The standard InChI is InChI=1S/C14H14FNO/c1-17-14-5-3-2-4-13(14)11-6-10(9-16)7-12(15)8-11/h2-8H,9,16H2,1H3. The molecule has 2 rings (SSSR count). The fraction of sp³-hybridized carbons (Fsp3) is 0.143. The van der Waals surface area contributed by atoms with E-state index in [-0.39, 0.29) is 5.82 Å². The fourth-order valence-corrected chi connectivity index (χ4v) is 1.81. The second-order valence-corrected chi connectivity index (χ2v) is 3.75. The van der Waals surface area contributed by atoms with Gasteiger partial charge in [0.15, 0.2) is 0 Å². The topological polar surface area (TPSA) is 35.2 Å². The molecule has 0 heterocycles. The summed E-state index contributed by atoms with van der Waals surface area (Å²) in [6, 6.07) is 12.3. The molecule has 0 aliphatic rings. The molecular formula is C14H14FNO. The Morgan fingerprint density at radius 3 is 2.65 bits per heavy atom. The first-order valence-electron chi connectivity index (χ1n) is 5.37. The highest BCUT2D eigenvalue weighted by Crippen LogP contribution is 2.30. The average Bonchev–Trinajstić information content (AvgIpc) is 2.37. The molecule has 0 aliphatic heterocycles. The zero-order chi connectivity index (χ0) is 12.3. The first-order chi connectivity index (χ1) is 8.24. The molecule has 0 spiro atoms. The Hall–Kier alpha value is -1.87. The van der Waals surface area contributed by atoms with Crippen molar-refractivity contribution in [1.29, 1.82) is 0 Å². The SMILES string of the molecule is COc1ccccc1-c1cc(F)cc(CN)c1. The summed E-state index contributed by atoms with van der Waals surface area (Å²) in [4.78, 5) is 0. The Kier molecular flexibility index (Phi) is 3.40. The van der Waals surface area contributed by atoms with Gasteiger partial charge in [-0.15, -0.1) is 0 Å². The van der Waals surface area contributed by atoms with Crippen LogP contribution in [0.3, 0.4) is 0 Å². The number of rotatable bonds is 3. The Morgan fingerprint density at radius 2 is 1.94 bits per heavy atom. The van der Waals surface area contributed by atoms with Crippen molar-refractivity contribution in [3.63, 3.8) is 0 Å². The predicted octanol–water partition coefficient (Wildman–Crippen LogP) is 2.96. The maximum atomic E-state index is 13.4. The van der Waals surface area contributed by atoms with Crippen LogP contribution in [-0.2, 0) is 6.54 Å². The molecule has 2 N–H and O–H groups in total. The van der Waals surface area contributed by atoms with Crippen LogP contribution in [0.25, 0.3) is 11.1 Å². The van der Waals surface area contributed by atoms with Crippen molar-refractivity contribution >= 4 is 0 Å². The van der Waals surface area contributed by atoms with E-state index in [9.17, 15) is 4.39 Å². The Balaban J connectivity index is 2.55. The summed E-state index contributed by atoms with van der Waals surface area (Å²) in [5.74, 6) is 0.440. The van der Waals surface area contributed by atoms with E-state index >= 15 is 0 Å². The van der Waals surface area contributed by atoms with Crippen LogP contribution in [-0.4, -0.2) is 7.11 Å². The Labute approximate surface area is 99.8 Å². The maximum Gasteiger partial charge on any atom is 0.126 e. The molecule has 0 unspecified atom stereocenters. The first-order valence-corrected chi connectivity index (χ1v) is 5.37. The van der Waals surface area contributed by atoms with Gasteiger partial charge in [0, 0.05) is 12.1 Å². The van der Waals surface area contributed by atoms with E-state index in [1.54, 1.807) is 7.11 Å². The van der Waals surface area contributed by atoms with Gasteiger partial charge in [-0.3, -0.25) is 0 Å². The van der Waals surface area contributed by atoms with E-state index in [4.69, 9.17) is 10.5 Å². The summed E-state index contributed by atoms with van der Waals surface area (Å²) < 4.78 is 18.7. The molecule has 0 saturated heterocycles. The number of nitrogens with two attached hydrogens (primary N) is 1. The van der Waals surface area contributed by atoms with Crippen molar-refractivity contribution < 1.29 is 9.13 Å². The molecule has 0 aromatic heterocycles. The zero-order valence-corrected chi connectivity index (χ0v) is 9.61. The van der Waals surface area contributed by atoms with Gasteiger partial charge in [0.05, 0.1) is 7.11 Å². The Bertz CT molecular complexity index is 525. The second-order valence-electron chi connectivity index (χ2n) is 3.75. The zero-order valence-electron chi connectivity index (χ0n) is 9.61. The molecule has 0 saturated carbocycles. The van der Waals surface area contributed by atoms with E-state index < -0.39 is 0 Å². The summed E-state index contributed by atoms with van der Waals surface area (Å²) in [6.45, 7) is 0.319. The Morgan fingerprint density at radius 1 is 1.18 bits per heavy atom. The maximum absolute atomic E-state index is 13.4. The lowest BCUT2D eigenvalue weighted by atomic mass is 10.0. The van der Waals surface area contributed by atoms with Gasteiger partial charge in [-0.25, -0.2) is 4.39 Å². The molecule has 2 aromatic carbocycles. The molecule has 17 heavy (non-hydrogen) atoms. The molecule has 3 heteroatoms. The summed E-state index contributed by atoms with van der Waals surface area (Å²) in [5.41, 5.74) is 7.95. The number of ether oxygens (including phenoxy) is 1. The van der Waals surface area contributed by atoms with Crippen molar-refractivity contribution in [3.05, 3.63) is 53.8 Å². The number of para-hydroxylation sites is 1. The molecule has 2 aromatic rings. The van der Waals surface area contributed by atoms with Gasteiger partial charge in [-0.2, -0.15) is 0 Å². The van der Waals surface area contributed by atoms with Crippen LogP contribution < -0.4 is 10.5 Å². The lowest BCUT2D eigenvalue weighted by Gasteiger charge is -2.09. The van der Waals surface area contributed by atoms with Crippen LogP contribution in [0.4, 0.5) is 4.39 Å².